The monoisotopic (exact) mass is 459 g/mol. The van der Waals surface area contributed by atoms with Gasteiger partial charge in [0.05, 0.1) is 18.2 Å². The second-order valence-electron chi connectivity index (χ2n) is 7.88. The number of carbonyl (C=O) groups is 1. The maximum atomic E-state index is 15.2. The van der Waals surface area contributed by atoms with E-state index in [0.717, 1.165) is 43.9 Å². The van der Waals surface area contributed by atoms with E-state index in [1.807, 2.05) is 6.07 Å². The fourth-order valence-electron chi connectivity index (χ4n) is 3.71. The minimum atomic E-state index is -1.05. The zero-order chi connectivity index (χ0) is 24.2. The van der Waals surface area contributed by atoms with Crippen molar-refractivity contribution >= 4 is 6.16 Å². The van der Waals surface area contributed by atoms with Gasteiger partial charge in [0.25, 0.3) is 0 Å². The minimum Gasteiger partial charge on any atom is -0.505 e. The van der Waals surface area contributed by atoms with E-state index in [1.165, 1.54) is 31.7 Å². The molecule has 0 heterocycles. The van der Waals surface area contributed by atoms with Crippen molar-refractivity contribution in [3.8, 4) is 28.7 Å². The number of rotatable bonds is 12. The standard InChI is InChI=1S/C26H31F2NO4/c1-3-5-6-7-8-9-10-11-12-18-15-19(17-29)23(24(28)25(18)30)21-16-20(27)13-14-22(21)33-26(31)32-4-2/h13-16,30H,3-12H2,1-2H3. The van der Waals surface area contributed by atoms with Gasteiger partial charge in [-0.3, -0.25) is 0 Å². The number of hydrogen-bond acceptors (Lipinski definition) is 5. The van der Waals surface area contributed by atoms with E-state index in [2.05, 4.69) is 6.92 Å². The van der Waals surface area contributed by atoms with Crippen LogP contribution in [-0.2, 0) is 11.2 Å². The van der Waals surface area contributed by atoms with Crippen LogP contribution in [0.1, 0.15) is 76.3 Å². The Morgan fingerprint density at radius 1 is 1.03 bits per heavy atom. The Balaban J connectivity index is 2.24. The molecule has 0 unspecified atom stereocenters. The van der Waals surface area contributed by atoms with Crippen molar-refractivity contribution in [3.05, 3.63) is 47.0 Å². The van der Waals surface area contributed by atoms with E-state index < -0.39 is 23.5 Å². The third kappa shape index (κ3) is 7.45. The summed E-state index contributed by atoms with van der Waals surface area (Å²) in [7, 11) is 0. The van der Waals surface area contributed by atoms with E-state index >= 15 is 4.39 Å². The van der Waals surface area contributed by atoms with Crippen LogP contribution in [0.15, 0.2) is 24.3 Å². The Kier molecular flexibility index (Phi) is 10.6. The predicted octanol–water partition coefficient (Wildman–Crippen LogP) is 7.43. The number of hydrogen-bond donors (Lipinski definition) is 1. The SMILES string of the molecule is CCCCCCCCCCc1cc(C#N)c(-c2cc(F)ccc2OC(=O)OCC)c(F)c1O. The zero-order valence-corrected chi connectivity index (χ0v) is 19.3. The number of benzene rings is 2. The molecule has 2 rings (SSSR count). The number of phenols is 1. The molecule has 1 N–H and O–H groups in total. The Bertz CT molecular complexity index is 985. The van der Waals surface area contributed by atoms with Gasteiger partial charge in [-0.1, -0.05) is 51.9 Å². The molecule has 0 bridgehead atoms. The fraction of sp³-hybridized carbons (Fsp3) is 0.462. The first kappa shape index (κ1) is 26.1. The van der Waals surface area contributed by atoms with Crippen LogP contribution in [0.25, 0.3) is 11.1 Å². The number of ether oxygens (including phenoxy) is 2. The lowest BCUT2D eigenvalue weighted by molar-refractivity contribution is 0.104. The normalized spacial score (nSPS) is 10.6. The van der Waals surface area contributed by atoms with Crippen LogP contribution in [0.2, 0.25) is 0 Å². The molecule has 0 spiro atoms. The van der Waals surface area contributed by atoms with Gasteiger partial charge in [-0.25, -0.2) is 13.6 Å². The lowest BCUT2D eigenvalue weighted by Gasteiger charge is -2.15. The molecule has 0 atom stereocenters. The van der Waals surface area contributed by atoms with Gasteiger partial charge in [0.2, 0.25) is 0 Å². The van der Waals surface area contributed by atoms with Crippen molar-refractivity contribution in [3.63, 3.8) is 0 Å². The molecule has 0 saturated carbocycles. The number of nitrogens with zero attached hydrogens (tertiary/aromatic N) is 1. The number of unbranched alkanes of at least 4 members (excludes halogenated alkanes) is 7. The molecule has 0 aliphatic rings. The lowest BCUT2D eigenvalue weighted by Crippen LogP contribution is -2.11. The van der Waals surface area contributed by atoms with Gasteiger partial charge in [-0.2, -0.15) is 5.26 Å². The van der Waals surface area contributed by atoms with Crippen LogP contribution < -0.4 is 4.74 Å². The van der Waals surface area contributed by atoms with E-state index in [0.29, 0.717) is 12.0 Å². The van der Waals surface area contributed by atoms with Crippen molar-refractivity contribution in [1.29, 1.82) is 5.26 Å². The Morgan fingerprint density at radius 2 is 1.70 bits per heavy atom. The molecule has 0 radical (unpaired) electrons. The van der Waals surface area contributed by atoms with Gasteiger partial charge >= 0.3 is 6.16 Å². The summed E-state index contributed by atoms with van der Waals surface area (Å²) < 4.78 is 39.0. The molecule has 0 aliphatic heterocycles. The number of nitriles is 1. The van der Waals surface area contributed by atoms with Crippen molar-refractivity contribution in [2.45, 2.75) is 71.6 Å². The van der Waals surface area contributed by atoms with Crippen LogP contribution in [-0.4, -0.2) is 17.9 Å². The predicted molar refractivity (Wildman–Crippen MR) is 122 cm³/mol. The molecule has 0 saturated heterocycles. The topological polar surface area (TPSA) is 79.5 Å². The van der Waals surface area contributed by atoms with Crippen LogP contribution in [0, 0.1) is 23.0 Å². The first-order valence-corrected chi connectivity index (χ1v) is 11.5. The largest absolute Gasteiger partial charge is 0.513 e. The van der Waals surface area contributed by atoms with E-state index in [-0.39, 0.29) is 29.0 Å². The number of aromatic hydroxyl groups is 1. The first-order chi connectivity index (χ1) is 15.9. The van der Waals surface area contributed by atoms with Crippen LogP contribution in [0.4, 0.5) is 13.6 Å². The maximum absolute atomic E-state index is 15.2. The zero-order valence-electron chi connectivity index (χ0n) is 19.3. The third-order valence-electron chi connectivity index (χ3n) is 5.41. The molecule has 178 valence electrons. The van der Waals surface area contributed by atoms with E-state index in [1.54, 1.807) is 6.92 Å². The number of carbonyl (C=O) groups excluding carboxylic acids is 1. The van der Waals surface area contributed by atoms with Crippen molar-refractivity contribution in [2.75, 3.05) is 6.61 Å². The Labute approximate surface area is 194 Å². The average molecular weight is 460 g/mol. The summed E-state index contributed by atoms with van der Waals surface area (Å²) in [6, 6.07) is 6.46. The lowest BCUT2D eigenvalue weighted by atomic mass is 9.93. The van der Waals surface area contributed by atoms with Gasteiger partial charge in [-0.05, 0) is 49.6 Å². The van der Waals surface area contributed by atoms with E-state index in [4.69, 9.17) is 9.47 Å². The van der Waals surface area contributed by atoms with Gasteiger partial charge in [0.15, 0.2) is 11.6 Å². The van der Waals surface area contributed by atoms with E-state index in [9.17, 15) is 19.6 Å². The highest BCUT2D eigenvalue weighted by molar-refractivity contribution is 5.80. The first-order valence-electron chi connectivity index (χ1n) is 11.5. The number of phenolic OH excluding ortho intramolecular Hbond substituents is 1. The molecule has 0 amide bonds. The summed E-state index contributed by atoms with van der Waals surface area (Å²) in [5.74, 6) is -2.53. The second kappa shape index (κ2) is 13.4. The second-order valence-corrected chi connectivity index (χ2v) is 7.88. The molecule has 0 aliphatic carbocycles. The quantitative estimate of drug-likeness (QED) is 0.203. The summed E-state index contributed by atoms with van der Waals surface area (Å²) >= 11 is 0. The Morgan fingerprint density at radius 3 is 2.33 bits per heavy atom. The van der Waals surface area contributed by atoms with Crippen molar-refractivity contribution < 1.29 is 28.2 Å². The smallest absolute Gasteiger partial charge is 0.505 e. The number of aryl methyl sites for hydroxylation is 1. The molecular weight excluding hydrogens is 428 g/mol. The summed E-state index contributed by atoms with van der Waals surface area (Å²) in [4.78, 5) is 11.7. The molecule has 0 fully saturated rings. The highest BCUT2D eigenvalue weighted by Crippen LogP contribution is 2.40. The van der Waals surface area contributed by atoms with Gasteiger partial charge in [-0.15, -0.1) is 0 Å². The average Bonchev–Trinajstić information content (AvgIpc) is 2.79. The molecule has 33 heavy (non-hydrogen) atoms. The van der Waals surface area contributed by atoms with Gasteiger partial charge in [0, 0.05) is 11.1 Å². The van der Waals surface area contributed by atoms with Crippen LogP contribution in [0.5, 0.6) is 11.5 Å². The van der Waals surface area contributed by atoms with Crippen LogP contribution >= 0.6 is 0 Å². The molecule has 7 heteroatoms. The Hall–Kier alpha value is -3.14. The third-order valence-corrected chi connectivity index (χ3v) is 5.41. The molecule has 0 aromatic heterocycles. The maximum Gasteiger partial charge on any atom is 0.513 e. The highest BCUT2D eigenvalue weighted by atomic mass is 19.1. The van der Waals surface area contributed by atoms with Crippen LogP contribution in [0.3, 0.4) is 0 Å². The summed E-state index contributed by atoms with van der Waals surface area (Å²) in [6.07, 6.45) is 8.16. The number of halogens is 2. The van der Waals surface area contributed by atoms with Crippen molar-refractivity contribution in [2.24, 2.45) is 0 Å². The molecule has 2 aromatic carbocycles. The van der Waals surface area contributed by atoms with Crippen molar-refractivity contribution in [1.82, 2.24) is 0 Å². The highest BCUT2D eigenvalue weighted by Gasteiger charge is 2.23. The minimum absolute atomic E-state index is 0.0569. The molecule has 5 nitrogen and oxygen atoms in total. The van der Waals surface area contributed by atoms with Gasteiger partial charge < -0.3 is 14.6 Å². The van der Waals surface area contributed by atoms with Gasteiger partial charge in [0.1, 0.15) is 11.6 Å². The summed E-state index contributed by atoms with van der Waals surface area (Å²) in [5.41, 5.74) is -0.248. The summed E-state index contributed by atoms with van der Waals surface area (Å²) in [5, 5.41) is 20.1. The molecule has 2 aromatic rings. The fourth-order valence-corrected chi connectivity index (χ4v) is 3.71. The molecular formula is C26H31F2NO4. The summed E-state index contributed by atoms with van der Waals surface area (Å²) in [6.45, 7) is 3.82.